The van der Waals surface area contributed by atoms with Crippen molar-refractivity contribution in [1.29, 1.82) is 0 Å². The Morgan fingerprint density at radius 2 is 1.78 bits per heavy atom. The Hall–Kier alpha value is -2.37. The molecule has 0 heterocycles. The fourth-order valence-electron chi connectivity index (χ4n) is 2.04. The standard InChI is InChI=1S/C17H24N2O4/c1-3-15(20)19-14(17(22)23)6-4-5-11-18-16(21)13-9-7-12(2)8-10-13/h7-10,14H,3-6,11H2,1-2H3,(H,18,21)(H,19,20)(H,22,23). The zero-order valence-electron chi connectivity index (χ0n) is 13.6. The predicted octanol–water partition coefficient (Wildman–Crippen LogP) is 1.87. The van der Waals surface area contributed by atoms with E-state index in [9.17, 15) is 14.4 Å². The summed E-state index contributed by atoms with van der Waals surface area (Å²) in [7, 11) is 0. The van der Waals surface area contributed by atoms with Crippen LogP contribution in [0.25, 0.3) is 0 Å². The normalized spacial score (nSPS) is 11.6. The lowest BCUT2D eigenvalue weighted by atomic mass is 10.1. The molecule has 0 aliphatic heterocycles. The molecular weight excluding hydrogens is 296 g/mol. The molecule has 0 aromatic heterocycles. The number of carboxylic acid groups (broad SMARTS) is 1. The molecule has 1 rings (SSSR count). The third kappa shape index (κ3) is 6.95. The number of carbonyl (C=O) groups excluding carboxylic acids is 2. The number of hydrogen-bond acceptors (Lipinski definition) is 3. The zero-order valence-corrected chi connectivity index (χ0v) is 13.6. The molecule has 2 amide bonds. The number of aryl methyl sites for hydroxylation is 1. The first-order valence-corrected chi connectivity index (χ1v) is 7.81. The first-order chi connectivity index (χ1) is 10.9. The van der Waals surface area contributed by atoms with E-state index in [2.05, 4.69) is 10.6 Å². The van der Waals surface area contributed by atoms with Crippen LogP contribution in [0.15, 0.2) is 24.3 Å². The smallest absolute Gasteiger partial charge is 0.326 e. The van der Waals surface area contributed by atoms with Crippen LogP contribution in [0.5, 0.6) is 0 Å². The van der Waals surface area contributed by atoms with Crippen LogP contribution in [-0.4, -0.2) is 35.5 Å². The number of hydrogen-bond donors (Lipinski definition) is 3. The molecule has 0 spiro atoms. The van der Waals surface area contributed by atoms with E-state index in [1.54, 1.807) is 19.1 Å². The Labute approximate surface area is 136 Å². The molecule has 1 aromatic rings. The van der Waals surface area contributed by atoms with Gasteiger partial charge in [-0.25, -0.2) is 4.79 Å². The maximum atomic E-state index is 11.9. The van der Waals surface area contributed by atoms with Crippen LogP contribution in [0, 0.1) is 6.92 Å². The molecule has 0 aliphatic rings. The van der Waals surface area contributed by atoms with E-state index in [1.807, 2.05) is 19.1 Å². The predicted molar refractivity (Wildman–Crippen MR) is 87.2 cm³/mol. The van der Waals surface area contributed by atoms with Crippen molar-refractivity contribution in [2.24, 2.45) is 0 Å². The van der Waals surface area contributed by atoms with Crippen molar-refractivity contribution in [3.05, 3.63) is 35.4 Å². The molecule has 23 heavy (non-hydrogen) atoms. The minimum Gasteiger partial charge on any atom is -0.480 e. The summed E-state index contributed by atoms with van der Waals surface area (Å²) in [6, 6.07) is 6.43. The first kappa shape index (κ1) is 18.7. The molecule has 6 heteroatoms. The van der Waals surface area contributed by atoms with Gasteiger partial charge in [0.1, 0.15) is 6.04 Å². The minimum absolute atomic E-state index is 0.140. The van der Waals surface area contributed by atoms with Crippen LogP contribution >= 0.6 is 0 Å². The van der Waals surface area contributed by atoms with Crippen LogP contribution < -0.4 is 10.6 Å². The van der Waals surface area contributed by atoms with E-state index < -0.39 is 12.0 Å². The van der Waals surface area contributed by atoms with Crippen molar-refractivity contribution < 1.29 is 19.5 Å². The molecule has 1 atom stereocenters. The molecule has 0 radical (unpaired) electrons. The molecule has 1 aromatic carbocycles. The lowest BCUT2D eigenvalue weighted by Gasteiger charge is -2.13. The van der Waals surface area contributed by atoms with Crippen LogP contribution in [0.1, 0.15) is 48.5 Å². The van der Waals surface area contributed by atoms with Crippen molar-refractivity contribution in [1.82, 2.24) is 10.6 Å². The Balaban J connectivity index is 2.28. The van der Waals surface area contributed by atoms with E-state index in [0.717, 1.165) is 5.56 Å². The Morgan fingerprint density at radius 1 is 1.13 bits per heavy atom. The average molecular weight is 320 g/mol. The van der Waals surface area contributed by atoms with Gasteiger partial charge >= 0.3 is 5.97 Å². The van der Waals surface area contributed by atoms with Crippen LogP contribution in [0.3, 0.4) is 0 Å². The van der Waals surface area contributed by atoms with Crippen molar-refractivity contribution >= 4 is 17.8 Å². The average Bonchev–Trinajstić information content (AvgIpc) is 2.53. The van der Waals surface area contributed by atoms with E-state index >= 15 is 0 Å². The third-order valence-corrected chi connectivity index (χ3v) is 3.47. The van der Waals surface area contributed by atoms with Gasteiger partial charge in [-0.2, -0.15) is 0 Å². The number of rotatable bonds is 9. The van der Waals surface area contributed by atoms with E-state index in [1.165, 1.54) is 0 Å². The summed E-state index contributed by atoms with van der Waals surface area (Å²) >= 11 is 0. The molecule has 6 nitrogen and oxygen atoms in total. The number of benzene rings is 1. The summed E-state index contributed by atoms with van der Waals surface area (Å²) in [5.41, 5.74) is 1.70. The second-order valence-electron chi connectivity index (χ2n) is 5.43. The van der Waals surface area contributed by atoms with Crippen LogP contribution in [0.2, 0.25) is 0 Å². The second kappa shape index (κ2) is 9.61. The van der Waals surface area contributed by atoms with Gasteiger partial charge in [-0.1, -0.05) is 24.6 Å². The fraction of sp³-hybridized carbons (Fsp3) is 0.471. The molecule has 0 fully saturated rings. The topological polar surface area (TPSA) is 95.5 Å². The largest absolute Gasteiger partial charge is 0.480 e. The van der Waals surface area contributed by atoms with Crippen molar-refractivity contribution in [2.45, 2.75) is 45.6 Å². The van der Waals surface area contributed by atoms with Crippen molar-refractivity contribution in [3.63, 3.8) is 0 Å². The number of aliphatic carboxylic acids is 1. The fourth-order valence-corrected chi connectivity index (χ4v) is 2.04. The Bertz CT molecular complexity index is 540. The number of carbonyl (C=O) groups is 3. The molecule has 0 bridgehead atoms. The highest BCUT2D eigenvalue weighted by Gasteiger charge is 2.18. The van der Waals surface area contributed by atoms with Gasteiger partial charge in [0.25, 0.3) is 5.91 Å². The molecule has 3 N–H and O–H groups in total. The van der Waals surface area contributed by atoms with Crippen LogP contribution in [-0.2, 0) is 9.59 Å². The number of unbranched alkanes of at least 4 members (excludes halogenated alkanes) is 1. The van der Waals surface area contributed by atoms with Gasteiger partial charge in [-0.05, 0) is 38.3 Å². The lowest BCUT2D eigenvalue weighted by Crippen LogP contribution is -2.40. The third-order valence-electron chi connectivity index (χ3n) is 3.47. The molecule has 0 saturated carbocycles. The maximum Gasteiger partial charge on any atom is 0.326 e. The summed E-state index contributed by atoms with van der Waals surface area (Å²) < 4.78 is 0. The Morgan fingerprint density at radius 3 is 2.35 bits per heavy atom. The van der Waals surface area contributed by atoms with Crippen molar-refractivity contribution in [3.8, 4) is 0 Å². The zero-order chi connectivity index (χ0) is 17.2. The first-order valence-electron chi connectivity index (χ1n) is 7.81. The highest BCUT2D eigenvalue weighted by atomic mass is 16.4. The van der Waals surface area contributed by atoms with Gasteiger partial charge in [0.05, 0.1) is 0 Å². The summed E-state index contributed by atoms with van der Waals surface area (Å²) in [5.74, 6) is -1.44. The van der Waals surface area contributed by atoms with Gasteiger partial charge in [-0.3, -0.25) is 9.59 Å². The summed E-state index contributed by atoms with van der Waals surface area (Å²) in [4.78, 5) is 34.2. The minimum atomic E-state index is -1.03. The molecule has 0 saturated heterocycles. The molecule has 0 aliphatic carbocycles. The summed E-state index contributed by atoms with van der Waals surface area (Å²) in [6.45, 7) is 4.10. The number of amides is 2. The quantitative estimate of drug-likeness (QED) is 0.605. The van der Waals surface area contributed by atoms with E-state index in [-0.39, 0.29) is 18.2 Å². The van der Waals surface area contributed by atoms with E-state index in [4.69, 9.17) is 5.11 Å². The van der Waals surface area contributed by atoms with Gasteiger partial charge in [0.15, 0.2) is 0 Å². The Kier molecular flexibility index (Phi) is 7.80. The lowest BCUT2D eigenvalue weighted by molar-refractivity contribution is -0.142. The molecular formula is C17H24N2O4. The highest BCUT2D eigenvalue weighted by molar-refractivity contribution is 5.94. The monoisotopic (exact) mass is 320 g/mol. The molecule has 1 unspecified atom stereocenters. The second-order valence-corrected chi connectivity index (χ2v) is 5.43. The summed E-state index contributed by atoms with van der Waals surface area (Å²) in [5, 5.41) is 14.3. The van der Waals surface area contributed by atoms with Gasteiger partial charge in [0.2, 0.25) is 5.91 Å². The number of nitrogens with one attached hydrogen (secondary N) is 2. The van der Waals surface area contributed by atoms with Gasteiger partial charge in [-0.15, -0.1) is 0 Å². The van der Waals surface area contributed by atoms with Crippen LogP contribution in [0.4, 0.5) is 0 Å². The van der Waals surface area contributed by atoms with Gasteiger partial charge in [0, 0.05) is 18.5 Å². The van der Waals surface area contributed by atoms with Gasteiger partial charge < -0.3 is 15.7 Å². The summed E-state index contributed by atoms with van der Waals surface area (Å²) in [6.07, 6.45) is 1.87. The van der Waals surface area contributed by atoms with Crippen molar-refractivity contribution in [2.75, 3.05) is 6.54 Å². The molecule has 126 valence electrons. The SMILES string of the molecule is CCC(=O)NC(CCCCNC(=O)c1ccc(C)cc1)C(=O)O. The maximum absolute atomic E-state index is 11.9. The van der Waals surface area contributed by atoms with E-state index in [0.29, 0.717) is 31.4 Å². The number of carboxylic acids is 1. The highest BCUT2D eigenvalue weighted by Crippen LogP contribution is 2.04.